The highest BCUT2D eigenvalue weighted by molar-refractivity contribution is 5.90. The van der Waals surface area contributed by atoms with Gasteiger partial charge in [0.05, 0.1) is 12.7 Å². The van der Waals surface area contributed by atoms with Crippen LogP contribution in [0.25, 0.3) is 0 Å². The van der Waals surface area contributed by atoms with Crippen molar-refractivity contribution in [1.82, 2.24) is 4.98 Å². The molecule has 0 bridgehead atoms. The van der Waals surface area contributed by atoms with Crippen LogP contribution in [0.15, 0.2) is 12.3 Å². The van der Waals surface area contributed by atoms with Crippen molar-refractivity contribution >= 4 is 5.97 Å². The monoisotopic (exact) mass is 191 g/mol. The zero-order chi connectivity index (χ0) is 10.1. The van der Waals surface area contributed by atoms with Crippen molar-refractivity contribution < 1.29 is 9.53 Å². The van der Waals surface area contributed by atoms with Crippen molar-refractivity contribution in [2.24, 2.45) is 0 Å². The van der Waals surface area contributed by atoms with Crippen LogP contribution in [-0.2, 0) is 4.74 Å². The summed E-state index contributed by atoms with van der Waals surface area (Å²) in [5, 5.41) is 0. The summed E-state index contributed by atoms with van der Waals surface area (Å²) in [5.41, 5.74) is 2.63. The number of aryl methyl sites for hydroxylation is 1. The molecule has 1 heterocycles. The van der Waals surface area contributed by atoms with Gasteiger partial charge in [-0.2, -0.15) is 0 Å². The Labute approximate surface area is 83.1 Å². The number of hydrogen-bond acceptors (Lipinski definition) is 3. The molecule has 1 aliphatic carbocycles. The summed E-state index contributed by atoms with van der Waals surface area (Å²) in [6.45, 7) is 1.92. The molecular formula is C11H13NO2. The maximum Gasteiger partial charge on any atom is 0.339 e. The zero-order valence-corrected chi connectivity index (χ0v) is 8.41. The van der Waals surface area contributed by atoms with E-state index in [1.54, 1.807) is 6.20 Å². The smallest absolute Gasteiger partial charge is 0.339 e. The largest absolute Gasteiger partial charge is 0.465 e. The van der Waals surface area contributed by atoms with Crippen LogP contribution in [-0.4, -0.2) is 18.1 Å². The fourth-order valence-corrected chi connectivity index (χ4v) is 1.50. The summed E-state index contributed by atoms with van der Waals surface area (Å²) in [7, 11) is 1.39. The van der Waals surface area contributed by atoms with Crippen LogP contribution >= 0.6 is 0 Å². The van der Waals surface area contributed by atoms with Crippen molar-refractivity contribution in [3.8, 4) is 0 Å². The molecule has 1 aromatic rings. The minimum absolute atomic E-state index is 0.308. The minimum Gasteiger partial charge on any atom is -0.465 e. The normalized spacial score (nSPS) is 15.3. The van der Waals surface area contributed by atoms with Crippen LogP contribution in [0.5, 0.6) is 0 Å². The number of methoxy groups -OCH3 is 1. The molecule has 0 amide bonds. The third kappa shape index (κ3) is 1.62. The number of ether oxygens (including phenoxy) is 1. The topological polar surface area (TPSA) is 39.2 Å². The van der Waals surface area contributed by atoms with E-state index in [1.807, 2.05) is 13.0 Å². The molecule has 0 unspecified atom stereocenters. The van der Waals surface area contributed by atoms with E-state index in [9.17, 15) is 4.79 Å². The van der Waals surface area contributed by atoms with Crippen LogP contribution in [0.1, 0.15) is 40.4 Å². The van der Waals surface area contributed by atoms with E-state index in [1.165, 1.54) is 20.0 Å². The fourth-order valence-electron chi connectivity index (χ4n) is 1.50. The molecule has 74 valence electrons. The number of pyridine rings is 1. The van der Waals surface area contributed by atoms with Crippen LogP contribution in [0.4, 0.5) is 0 Å². The van der Waals surface area contributed by atoms with E-state index < -0.39 is 0 Å². The van der Waals surface area contributed by atoms with Gasteiger partial charge in [-0.3, -0.25) is 4.98 Å². The van der Waals surface area contributed by atoms with E-state index in [-0.39, 0.29) is 5.97 Å². The minimum atomic E-state index is -0.308. The molecule has 0 aromatic carbocycles. The number of nitrogens with zero attached hydrogens (tertiary/aromatic N) is 1. The summed E-state index contributed by atoms with van der Waals surface area (Å²) in [5.74, 6) is 0.317. The van der Waals surface area contributed by atoms with Crippen molar-refractivity contribution in [3.05, 3.63) is 29.1 Å². The summed E-state index contributed by atoms with van der Waals surface area (Å²) >= 11 is 0. The van der Waals surface area contributed by atoms with E-state index in [0.29, 0.717) is 11.5 Å². The summed E-state index contributed by atoms with van der Waals surface area (Å²) in [4.78, 5) is 15.5. The van der Waals surface area contributed by atoms with Crippen molar-refractivity contribution in [2.45, 2.75) is 25.7 Å². The van der Waals surface area contributed by atoms with Gasteiger partial charge in [-0.15, -0.1) is 0 Å². The molecule has 0 aliphatic heterocycles. The van der Waals surface area contributed by atoms with Gasteiger partial charge in [0.2, 0.25) is 0 Å². The second-order valence-electron chi connectivity index (χ2n) is 3.69. The van der Waals surface area contributed by atoms with Crippen LogP contribution in [0.2, 0.25) is 0 Å². The Morgan fingerprint density at radius 1 is 1.57 bits per heavy atom. The second-order valence-corrected chi connectivity index (χ2v) is 3.69. The number of esters is 1. The molecule has 1 saturated carbocycles. The molecule has 0 N–H and O–H groups in total. The average molecular weight is 191 g/mol. The maximum absolute atomic E-state index is 11.3. The lowest BCUT2D eigenvalue weighted by Crippen LogP contribution is -2.05. The number of aromatic nitrogens is 1. The van der Waals surface area contributed by atoms with Gasteiger partial charge in [0, 0.05) is 17.8 Å². The van der Waals surface area contributed by atoms with Gasteiger partial charge in [-0.05, 0) is 31.4 Å². The van der Waals surface area contributed by atoms with E-state index in [4.69, 9.17) is 0 Å². The quantitative estimate of drug-likeness (QED) is 0.671. The van der Waals surface area contributed by atoms with Crippen LogP contribution < -0.4 is 0 Å². The van der Waals surface area contributed by atoms with E-state index in [0.717, 1.165) is 11.3 Å². The van der Waals surface area contributed by atoms with Gasteiger partial charge in [0.15, 0.2) is 0 Å². The molecule has 2 rings (SSSR count). The first-order valence-electron chi connectivity index (χ1n) is 4.77. The highest BCUT2D eigenvalue weighted by Gasteiger charge is 2.25. The first-order valence-corrected chi connectivity index (χ1v) is 4.77. The van der Waals surface area contributed by atoms with Gasteiger partial charge in [0.25, 0.3) is 0 Å². The molecule has 0 atom stereocenters. The first kappa shape index (κ1) is 9.19. The highest BCUT2D eigenvalue weighted by atomic mass is 16.5. The number of carbonyl (C=O) groups excluding carboxylic acids is 1. The Balaban J connectivity index is 2.30. The first-order chi connectivity index (χ1) is 6.72. The molecular weight excluding hydrogens is 178 g/mol. The predicted molar refractivity (Wildman–Crippen MR) is 52.3 cm³/mol. The van der Waals surface area contributed by atoms with Gasteiger partial charge in [-0.1, -0.05) is 0 Å². The molecule has 3 heteroatoms. The van der Waals surface area contributed by atoms with Crippen molar-refractivity contribution in [2.75, 3.05) is 7.11 Å². The molecule has 3 nitrogen and oxygen atoms in total. The molecule has 1 aromatic heterocycles. The molecule has 0 spiro atoms. The second kappa shape index (κ2) is 3.40. The Morgan fingerprint density at radius 2 is 2.29 bits per heavy atom. The van der Waals surface area contributed by atoms with Gasteiger partial charge >= 0.3 is 5.97 Å². The van der Waals surface area contributed by atoms with Crippen molar-refractivity contribution in [1.29, 1.82) is 0 Å². The predicted octanol–water partition coefficient (Wildman–Crippen LogP) is 2.05. The summed E-state index contributed by atoms with van der Waals surface area (Å²) < 4.78 is 4.65. The SMILES string of the molecule is COC(=O)c1cnc(C2CC2)cc1C. The lowest BCUT2D eigenvalue weighted by atomic mass is 10.1. The molecule has 1 fully saturated rings. The standard InChI is InChI=1S/C11H13NO2/c1-7-5-10(8-3-4-8)12-6-9(7)11(13)14-2/h5-6,8H,3-4H2,1-2H3. The lowest BCUT2D eigenvalue weighted by molar-refractivity contribution is 0.0599. The molecule has 14 heavy (non-hydrogen) atoms. The van der Waals surface area contributed by atoms with Gasteiger partial charge < -0.3 is 4.74 Å². The van der Waals surface area contributed by atoms with E-state index in [2.05, 4.69) is 9.72 Å². The lowest BCUT2D eigenvalue weighted by Gasteiger charge is -2.04. The molecule has 0 radical (unpaired) electrons. The van der Waals surface area contributed by atoms with E-state index >= 15 is 0 Å². The van der Waals surface area contributed by atoms with Crippen LogP contribution in [0, 0.1) is 6.92 Å². The van der Waals surface area contributed by atoms with Gasteiger partial charge in [0.1, 0.15) is 0 Å². The fraction of sp³-hybridized carbons (Fsp3) is 0.455. The zero-order valence-electron chi connectivity index (χ0n) is 8.41. The molecule has 0 saturated heterocycles. The summed E-state index contributed by atoms with van der Waals surface area (Å²) in [6, 6.07) is 1.99. The Kier molecular flexibility index (Phi) is 2.23. The summed E-state index contributed by atoms with van der Waals surface area (Å²) in [6.07, 6.45) is 4.07. The van der Waals surface area contributed by atoms with Gasteiger partial charge in [-0.25, -0.2) is 4.79 Å². The Hall–Kier alpha value is -1.38. The van der Waals surface area contributed by atoms with Crippen molar-refractivity contribution in [3.63, 3.8) is 0 Å². The highest BCUT2D eigenvalue weighted by Crippen LogP contribution is 2.39. The third-order valence-electron chi connectivity index (χ3n) is 2.53. The number of carbonyl (C=O) groups is 1. The number of hydrogen-bond donors (Lipinski definition) is 0. The number of rotatable bonds is 2. The third-order valence-corrected chi connectivity index (χ3v) is 2.53. The molecule has 1 aliphatic rings. The Bertz CT molecular complexity index is 370. The average Bonchev–Trinajstić information content (AvgIpc) is 3.00. The Morgan fingerprint density at radius 3 is 2.79 bits per heavy atom. The maximum atomic E-state index is 11.3. The van der Waals surface area contributed by atoms with Crippen LogP contribution in [0.3, 0.4) is 0 Å².